The topological polar surface area (TPSA) is 38.3 Å². The van der Waals surface area contributed by atoms with Gasteiger partial charge in [0.25, 0.3) is 0 Å². The van der Waals surface area contributed by atoms with Crippen molar-refractivity contribution in [1.82, 2.24) is 5.32 Å². The van der Waals surface area contributed by atoms with Crippen LogP contribution in [0.3, 0.4) is 0 Å². The molecule has 3 heteroatoms. The minimum absolute atomic E-state index is 0.0133. The Balaban J connectivity index is 2.20. The SMILES string of the molecule is CCNC[C@H]1CC[C@H](C(=O)OCC)CC1. The first kappa shape index (κ1) is 12.5. The van der Waals surface area contributed by atoms with E-state index in [0.717, 1.165) is 44.7 Å². The van der Waals surface area contributed by atoms with Crippen LogP contribution in [0.1, 0.15) is 39.5 Å². The molecule has 15 heavy (non-hydrogen) atoms. The molecule has 0 radical (unpaired) electrons. The Labute approximate surface area is 92.6 Å². The molecule has 1 N–H and O–H groups in total. The van der Waals surface area contributed by atoms with Crippen molar-refractivity contribution in [3.63, 3.8) is 0 Å². The van der Waals surface area contributed by atoms with Crippen LogP contribution in [0.4, 0.5) is 0 Å². The molecular weight excluding hydrogens is 190 g/mol. The van der Waals surface area contributed by atoms with Gasteiger partial charge in [0.2, 0.25) is 0 Å². The maximum absolute atomic E-state index is 11.5. The van der Waals surface area contributed by atoms with Crippen LogP contribution in [0.25, 0.3) is 0 Å². The highest BCUT2D eigenvalue weighted by molar-refractivity contribution is 5.72. The highest BCUT2D eigenvalue weighted by atomic mass is 16.5. The van der Waals surface area contributed by atoms with Crippen molar-refractivity contribution in [2.24, 2.45) is 11.8 Å². The van der Waals surface area contributed by atoms with Gasteiger partial charge in [0.15, 0.2) is 0 Å². The van der Waals surface area contributed by atoms with Crippen molar-refractivity contribution in [3.05, 3.63) is 0 Å². The van der Waals surface area contributed by atoms with Crippen LogP contribution >= 0.6 is 0 Å². The fourth-order valence-corrected chi connectivity index (χ4v) is 2.21. The van der Waals surface area contributed by atoms with E-state index in [0.29, 0.717) is 6.61 Å². The van der Waals surface area contributed by atoms with E-state index >= 15 is 0 Å². The Kier molecular flexibility index (Phi) is 5.69. The molecule has 1 rings (SSSR count). The van der Waals surface area contributed by atoms with Crippen molar-refractivity contribution < 1.29 is 9.53 Å². The predicted octanol–water partition coefficient (Wildman–Crippen LogP) is 1.97. The first-order chi connectivity index (χ1) is 7.27. The summed E-state index contributed by atoms with van der Waals surface area (Å²) in [6.45, 7) is 6.65. The minimum Gasteiger partial charge on any atom is -0.466 e. The van der Waals surface area contributed by atoms with Gasteiger partial charge in [-0.3, -0.25) is 4.79 Å². The van der Waals surface area contributed by atoms with Crippen molar-refractivity contribution in [2.45, 2.75) is 39.5 Å². The normalized spacial score (nSPS) is 26.3. The lowest BCUT2D eigenvalue weighted by atomic mass is 9.82. The summed E-state index contributed by atoms with van der Waals surface area (Å²) in [6.07, 6.45) is 4.34. The summed E-state index contributed by atoms with van der Waals surface area (Å²) in [5.74, 6) is 0.942. The zero-order valence-corrected chi connectivity index (χ0v) is 9.92. The molecule has 0 aliphatic heterocycles. The van der Waals surface area contributed by atoms with Crippen molar-refractivity contribution in [2.75, 3.05) is 19.7 Å². The molecular formula is C12H23NO2. The van der Waals surface area contributed by atoms with Crippen molar-refractivity contribution in [1.29, 1.82) is 0 Å². The van der Waals surface area contributed by atoms with Gasteiger partial charge in [-0.2, -0.15) is 0 Å². The first-order valence-electron chi connectivity index (χ1n) is 6.15. The molecule has 0 unspecified atom stereocenters. The molecule has 88 valence electrons. The summed E-state index contributed by atoms with van der Waals surface area (Å²) in [5.41, 5.74) is 0. The monoisotopic (exact) mass is 213 g/mol. The molecule has 0 amide bonds. The van der Waals surface area contributed by atoms with Gasteiger partial charge in [-0.1, -0.05) is 6.92 Å². The van der Waals surface area contributed by atoms with Gasteiger partial charge in [0.1, 0.15) is 0 Å². The Morgan fingerprint density at radius 3 is 2.47 bits per heavy atom. The lowest BCUT2D eigenvalue weighted by Gasteiger charge is -2.27. The molecule has 0 aromatic heterocycles. The Morgan fingerprint density at radius 1 is 1.27 bits per heavy atom. The average molecular weight is 213 g/mol. The smallest absolute Gasteiger partial charge is 0.308 e. The zero-order chi connectivity index (χ0) is 11.1. The van der Waals surface area contributed by atoms with Gasteiger partial charge in [0, 0.05) is 0 Å². The number of hydrogen-bond acceptors (Lipinski definition) is 3. The van der Waals surface area contributed by atoms with Gasteiger partial charge in [-0.25, -0.2) is 0 Å². The standard InChI is InChI=1S/C12H23NO2/c1-3-13-9-10-5-7-11(8-6-10)12(14)15-4-2/h10-11,13H,3-9H2,1-2H3/t10-,11-. The van der Waals surface area contributed by atoms with E-state index in [-0.39, 0.29) is 11.9 Å². The van der Waals surface area contributed by atoms with Crippen LogP contribution in [0.2, 0.25) is 0 Å². The fraction of sp³-hybridized carbons (Fsp3) is 0.917. The molecule has 1 saturated carbocycles. The van der Waals surface area contributed by atoms with Crippen LogP contribution in [-0.2, 0) is 9.53 Å². The van der Waals surface area contributed by atoms with E-state index in [2.05, 4.69) is 12.2 Å². The third-order valence-corrected chi connectivity index (χ3v) is 3.15. The van der Waals surface area contributed by atoms with Crippen LogP contribution in [0, 0.1) is 11.8 Å². The summed E-state index contributed by atoms with van der Waals surface area (Å²) < 4.78 is 5.04. The summed E-state index contributed by atoms with van der Waals surface area (Å²) in [7, 11) is 0. The number of carbonyl (C=O) groups is 1. The van der Waals surface area contributed by atoms with Gasteiger partial charge >= 0.3 is 5.97 Å². The number of ether oxygens (including phenoxy) is 1. The molecule has 0 bridgehead atoms. The van der Waals surface area contributed by atoms with Gasteiger partial charge < -0.3 is 10.1 Å². The summed E-state index contributed by atoms with van der Waals surface area (Å²) >= 11 is 0. The van der Waals surface area contributed by atoms with Crippen LogP contribution in [-0.4, -0.2) is 25.7 Å². The van der Waals surface area contributed by atoms with Gasteiger partial charge in [-0.15, -0.1) is 0 Å². The fourth-order valence-electron chi connectivity index (χ4n) is 2.21. The highest BCUT2D eigenvalue weighted by Crippen LogP contribution is 2.29. The molecule has 3 nitrogen and oxygen atoms in total. The molecule has 1 aliphatic rings. The first-order valence-corrected chi connectivity index (χ1v) is 6.15. The summed E-state index contributed by atoms with van der Waals surface area (Å²) in [6, 6.07) is 0. The largest absolute Gasteiger partial charge is 0.466 e. The van der Waals surface area contributed by atoms with Crippen LogP contribution in [0.5, 0.6) is 0 Å². The van der Waals surface area contributed by atoms with E-state index in [9.17, 15) is 4.79 Å². The van der Waals surface area contributed by atoms with Crippen molar-refractivity contribution in [3.8, 4) is 0 Å². The zero-order valence-electron chi connectivity index (χ0n) is 9.92. The second-order valence-corrected chi connectivity index (χ2v) is 4.28. The summed E-state index contributed by atoms with van der Waals surface area (Å²) in [5, 5.41) is 3.37. The Morgan fingerprint density at radius 2 is 1.93 bits per heavy atom. The Hall–Kier alpha value is -0.570. The van der Waals surface area contributed by atoms with Crippen LogP contribution in [0.15, 0.2) is 0 Å². The molecule has 1 fully saturated rings. The average Bonchev–Trinajstić information content (AvgIpc) is 2.27. The van der Waals surface area contributed by atoms with E-state index in [1.165, 1.54) is 0 Å². The quantitative estimate of drug-likeness (QED) is 0.710. The summed E-state index contributed by atoms with van der Waals surface area (Å²) in [4.78, 5) is 11.5. The second-order valence-electron chi connectivity index (χ2n) is 4.28. The number of hydrogen-bond donors (Lipinski definition) is 1. The number of rotatable bonds is 5. The minimum atomic E-state index is 0.0133. The predicted molar refractivity (Wildman–Crippen MR) is 60.6 cm³/mol. The van der Waals surface area contributed by atoms with Crippen LogP contribution < -0.4 is 5.32 Å². The Bertz CT molecular complexity index is 186. The van der Waals surface area contributed by atoms with E-state index < -0.39 is 0 Å². The van der Waals surface area contributed by atoms with E-state index in [4.69, 9.17) is 4.74 Å². The van der Waals surface area contributed by atoms with Gasteiger partial charge in [-0.05, 0) is 51.6 Å². The third kappa shape index (κ3) is 4.20. The molecule has 0 spiro atoms. The van der Waals surface area contributed by atoms with Gasteiger partial charge in [0.05, 0.1) is 12.5 Å². The highest BCUT2D eigenvalue weighted by Gasteiger charge is 2.26. The number of carbonyl (C=O) groups excluding carboxylic acids is 1. The lowest BCUT2D eigenvalue weighted by Crippen LogP contribution is -2.29. The van der Waals surface area contributed by atoms with E-state index in [1.807, 2.05) is 6.92 Å². The molecule has 0 saturated heterocycles. The molecule has 0 aromatic rings. The lowest BCUT2D eigenvalue weighted by molar-refractivity contribution is -0.149. The molecule has 1 aliphatic carbocycles. The molecule has 0 aromatic carbocycles. The third-order valence-electron chi connectivity index (χ3n) is 3.15. The van der Waals surface area contributed by atoms with Crippen molar-refractivity contribution >= 4 is 5.97 Å². The number of nitrogens with one attached hydrogen (secondary N) is 1. The maximum atomic E-state index is 11.5. The maximum Gasteiger partial charge on any atom is 0.308 e. The number of esters is 1. The second kappa shape index (κ2) is 6.83. The molecule has 0 heterocycles. The molecule has 0 atom stereocenters. The van der Waals surface area contributed by atoms with E-state index in [1.54, 1.807) is 0 Å².